The summed E-state index contributed by atoms with van der Waals surface area (Å²) in [5.41, 5.74) is 26.2. The fraction of sp³-hybridized carbons (Fsp3) is 0. The van der Waals surface area contributed by atoms with Crippen LogP contribution in [0.3, 0.4) is 0 Å². The second-order valence-corrected chi connectivity index (χ2v) is 16.8. The molecule has 3 aromatic heterocycles. The van der Waals surface area contributed by atoms with E-state index in [2.05, 4.69) is 139 Å². The lowest BCUT2D eigenvalue weighted by molar-refractivity contribution is 0.673. The van der Waals surface area contributed by atoms with Crippen molar-refractivity contribution in [2.75, 3.05) is 0 Å². The predicted molar refractivity (Wildman–Crippen MR) is 292 cm³/mol. The van der Waals surface area contributed by atoms with Gasteiger partial charge in [-0.25, -0.2) is 15.0 Å². The first-order valence-electron chi connectivity index (χ1n) is 20.5. The molecule has 262 valence electrons. The number of furan rings is 1. The van der Waals surface area contributed by atoms with Gasteiger partial charge in [0, 0.05) is 27.5 Å². The smallest absolute Gasteiger partial charge is 0.167 e. The molecular weight excluding hydrogens is 692 g/mol. The number of hydrogen-bond acceptors (Lipinski definition) is 4. The zero-order valence-electron chi connectivity index (χ0n) is 36.5. The average molecular weight is 730 g/mol. The zero-order valence-corrected chi connectivity index (χ0v) is 36.5. The van der Waals surface area contributed by atoms with Crippen LogP contribution in [0.2, 0.25) is 0 Å². The van der Waals surface area contributed by atoms with Crippen LogP contribution in [0.4, 0.5) is 0 Å². The van der Waals surface area contributed by atoms with Gasteiger partial charge >= 0.3 is 0 Å². The molecule has 0 bridgehead atoms. The van der Waals surface area contributed by atoms with Gasteiger partial charge in [-0.05, 0) is 10.8 Å². The van der Waals surface area contributed by atoms with E-state index in [1.807, 2.05) is 36.4 Å². The maximum atomic E-state index is 7.36. The number of nitrogens with zero attached hydrogens (tertiary/aromatic N) is 4. The summed E-state index contributed by atoms with van der Waals surface area (Å²) >= 11 is 0. The fourth-order valence-electron chi connectivity index (χ4n) is 9.66. The second kappa shape index (κ2) is 13.7. The van der Waals surface area contributed by atoms with Crippen LogP contribution in [0.15, 0.2) is 65.1 Å². The lowest BCUT2D eigenvalue weighted by Crippen LogP contribution is -2.49. The average Bonchev–Trinajstić information content (AvgIpc) is 3.80. The van der Waals surface area contributed by atoms with Crippen molar-refractivity contribution < 1.29 is 4.42 Å². The maximum absolute atomic E-state index is 7.36. The largest absolute Gasteiger partial charge is 0.456 e. The lowest BCUT2D eigenvalue weighted by Gasteiger charge is -2.22. The Bertz CT molecular complexity index is 3140. The number of hydrogen-bond donors (Lipinski definition) is 0. The SMILES string of the molecule is Bc1c(B)c(-n2c3c(B)c(B)c(B)c(B)c3c3c(B)c(B)c(B)c(B)c32)c2c(oc3c(-c4nc(-c5ccccc5)nc(-c5ccccc5)n4)c(B)c(B)c(B)c32)c1B. The minimum absolute atomic E-state index is 0.608. The van der Waals surface area contributed by atoms with E-state index < -0.39 is 0 Å². The van der Waals surface area contributed by atoms with Gasteiger partial charge in [-0.3, -0.25) is 0 Å². The molecule has 9 aromatic rings. The first-order chi connectivity index (χ1) is 27.6. The molecule has 0 aliphatic rings. The highest BCUT2D eigenvalue weighted by molar-refractivity contribution is 6.72. The Balaban J connectivity index is 1.51. The zero-order chi connectivity index (χ0) is 41.2. The molecule has 0 N–H and O–H groups in total. The van der Waals surface area contributed by atoms with Gasteiger partial charge < -0.3 is 8.98 Å². The second-order valence-electron chi connectivity index (χ2n) is 16.8. The standard InChI is InChI=1S/C39H38B14N4O/c40-18-13-14-19(41)24(46)26(48)29(51)33(14)57(32(13)28(50)25(47)23(18)45)34-16-15-20(42)22(44)21(43)17(35(15)58-36(16)31(53)27(49)30(34)52)39-55-37(11-7-3-1-4-8-11)54-38(56-39)12-9-5-2-6-10-12/h1-10H,40-53H2. The molecule has 0 spiro atoms. The highest BCUT2D eigenvalue weighted by atomic mass is 16.3. The van der Waals surface area contributed by atoms with Crippen molar-refractivity contribution in [3.05, 3.63) is 60.7 Å². The summed E-state index contributed by atoms with van der Waals surface area (Å²) in [5.74, 6) is 1.87. The van der Waals surface area contributed by atoms with Crippen LogP contribution in [-0.4, -0.2) is 129 Å². The van der Waals surface area contributed by atoms with E-state index >= 15 is 0 Å². The number of benzene rings is 6. The normalized spacial score (nSPS) is 11.7. The molecule has 0 unspecified atom stereocenters. The van der Waals surface area contributed by atoms with Crippen molar-refractivity contribution in [3.63, 3.8) is 0 Å². The molecule has 0 atom stereocenters. The van der Waals surface area contributed by atoms with E-state index in [9.17, 15) is 0 Å². The Labute approximate surface area is 352 Å². The van der Waals surface area contributed by atoms with Crippen LogP contribution >= 0.6 is 0 Å². The van der Waals surface area contributed by atoms with Gasteiger partial charge in [0.2, 0.25) is 0 Å². The molecular formula is C39H38B14N4O. The van der Waals surface area contributed by atoms with Gasteiger partial charge in [-0.15, -0.1) is 10.9 Å². The van der Waals surface area contributed by atoms with Crippen LogP contribution in [0, 0.1) is 0 Å². The molecule has 0 saturated heterocycles. The van der Waals surface area contributed by atoms with Crippen molar-refractivity contribution in [2.24, 2.45) is 0 Å². The summed E-state index contributed by atoms with van der Waals surface area (Å²) in [6.45, 7) is 0. The third-order valence-electron chi connectivity index (χ3n) is 14.2. The van der Waals surface area contributed by atoms with Crippen molar-refractivity contribution in [2.45, 2.75) is 0 Å². The Morgan fingerprint density at radius 2 is 0.741 bits per heavy atom. The Hall–Kier alpha value is -5.16. The molecule has 3 heterocycles. The summed E-state index contributed by atoms with van der Waals surface area (Å²) < 4.78 is 9.99. The summed E-state index contributed by atoms with van der Waals surface area (Å²) in [4.78, 5) is 15.5. The monoisotopic (exact) mass is 732 g/mol. The number of fused-ring (bicyclic) bond motifs is 6. The first kappa shape index (κ1) is 38.4. The Morgan fingerprint density at radius 3 is 1.22 bits per heavy atom. The Morgan fingerprint density at radius 1 is 0.345 bits per heavy atom. The van der Waals surface area contributed by atoms with E-state index in [1.54, 1.807) is 0 Å². The van der Waals surface area contributed by atoms with Crippen molar-refractivity contribution in [3.8, 4) is 39.9 Å². The van der Waals surface area contributed by atoms with Gasteiger partial charge in [0.1, 0.15) is 121 Å². The lowest BCUT2D eigenvalue weighted by atomic mass is 9.63. The van der Waals surface area contributed by atoms with E-state index in [0.717, 1.165) is 49.6 Å². The van der Waals surface area contributed by atoms with Gasteiger partial charge in [0.25, 0.3) is 0 Å². The Kier molecular flexibility index (Phi) is 9.07. The van der Waals surface area contributed by atoms with Crippen molar-refractivity contribution in [1.82, 2.24) is 19.5 Å². The highest BCUT2D eigenvalue weighted by Gasteiger charge is 2.30. The topological polar surface area (TPSA) is 56.7 Å². The molecule has 6 aromatic carbocycles. The van der Waals surface area contributed by atoms with Crippen molar-refractivity contribution >= 4 is 230 Å². The minimum atomic E-state index is 0.608. The summed E-state index contributed by atoms with van der Waals surface area (Å²) in [5, 5.41) is 4.97. The third-order valence-corrected chi connectivity index (χ3v) is 14.2. The van der Waals surface area contributed by atoms with Crippen LogP contribution in [0.1, 0.15) is 0 Å². The molecule has 0 saturated carbocycles. The predicted octanol–water partition coefficient (Wildman–Crippen LogP) is -14.5. The molecule has 0 radical (unpaired) electrons. The minimum Gasteiger partial charge on any atom is -0.456 e. The molecule has 5 nitrogen and oxygen atoms in total. The highest BCUT2D eigenvalue weighted by Crippen LogP contribution is 2.37. The third kappa shape index (κ3) is 5.27. The molecule has 0 aliphatic carbocycles. The molecule has 58 heavy (non-hydrogen) atoms. The van der Waals surface area contributed by atoms with E-state index in [1.165, 1.54) is 93.0 Å². The van der Waals surface area contributed by atoms with Crippen LogP contribution in [-0.2, 0) is 0 Å². The van der Waals surface area contributed by atoms with Gasteiger partial charge in [-0.2, -0.15) is 0 Å². The molecule has 19 heteroatoms. The van der Waals surface area contributed by atoms with Crippen LogP contribution in [0.25, 0.3) is 83.6 Å². The van der Waals surface area contributed by atoms with Gasteiger partial charge in [0.05, 0.1) is 16.6 Å². The van der Waals surface area contributed by atoms with Crippen LogP contribution in [0.5, 0.6) is 0 Å². The molecule has 0 fully saturated rings. The van der Waals surface area contributed by atoms with E-state index in [4.69, 9.17) is 19.4 Å². The van der Waals surface area contributed by atoms with Gasteiger partial charge in [-0.1, -0.05) is 126 Å². The van der Waals surface area contributed by atoms with Crippen molar-refractivity contribution in [1.29, 1.82) is 0 Å². The number of rotatable bonds is 4. The fourth-order valence-corrected chi connectivity index (χ4v) is 9.66. The molecule has 9 rings (SSSR count). The van der Waals surface area contributed by atoms with Crippen LogP contribution < -0.4 is 76.5 Å². The summed E-state index contributed by atoms with van der Waals surface area (Å²) in [7, 11) is 31.9. The quantitative estimate of drug-likeness (QED) is 0.169. The molecule has 0 aliphatic heterocycles. The summed E-state index contributed by atoms with van der Waals surface area (Å²) in [6.07, 6.45) is 0. The molecule has 0 amide bonds. The van der Waals surface area contributed by atoms with E-state index in [0.29, 0.717) is 17.5 Å². The first-order valence-corrected chi connectivity index (χ1v) is 20.5. The van der Waals surface area contributed by atoms with Gasteiger partial charge in [0.15, 0.2) is 17.5 Å². The number of aromatic nitrogens is 4. The van der Waals surface area contributed by atoms with E-state index in [-0.39, 0.29) is 0 Å². The summed E-state index contributed by atoms with van der Waals surface area (Å²) in [6, 6.07) is 20.4. The maximum Gasteiger partial charge on any atom is 0.167 e.